The Balaban J connectivity index is -0.000000249. The molecule has 86 valence electrons. The summed E-state index contributed by atoms with van der Waals surface area (Å²) in [4.78, 5) is 26.1. The Hall–Kier alpha value is -0.0700. The maximum Gasteiger partial charge on any atom is 1.00 e. The summed E-state index contributed by atoms with van der Waals surface area (Å²) in [6, 6.07) is 0. The van der Waals surface area contributed by atoms with Crippen molar-refractivity contribution < 1.29 is 25.7 Å². The molecule has 0 rings (SSSR count). The molecule has 0 aromatic carbocycles. The van der Waals surface area contributed by atoms with Crippen molar-refractivity contribution in [1.29, 1.82) is 0 Å². The van der Waals surface area contributed by atoms with Gasteiger partial charge in [-0.1, -0.05) is 0 Å². The minimum Gasteiger partial charge on any atom is -0.480 e. The molecule has 0 fully saturated rings. The van der Waals surface area contributed by atoms with Crippen LogP contribution in [-0.2, 0) is 20.3 Å². The van der Waals surface area contributed by atoms with Gasteiger partial charge in [0, 0.05) is 0 Å². The Kier molecular flexibility index (Phi) is 9.65. The number of nitrogens with one attached hydrogen (secondary N) is 1. The van der Waals surface area contributed by atoms with E-state index in [2.05, 4.69) is 24.1 Å². The quantitative estimate of drug-likeness (QED) is 0.390. The standard InChI is InChI=1S/C3H8NO5P.C3H9S/c5-3(6)1-4-2-10(7,8)9;1-4(2)3/h4H,1-2H2,(H,5,6)(H2,7,8,9);1-3H3/q;+1/p+1. The van der Waals surface area contributed by atoms with Crippen molar-refractivity contribution in [2.24, 2.45) is 0 Å². The molecule has 0 aliphatic carbocycles. The summed E-state index contributed by atoms with van der Waals surface area (Å²) >= 11 is 0. The Morgan fingerprint density at radius 3 is 2.00 bits per heavy atom. The topological polar surface area (TPSA) is 107 Å². The zero-order valence-corrected chi connectivity index (χ0v) is 10.1. The lowest BCUT2D eigenvalue weighted by Gasteiger charge is -2.02. The Labute approximate surface area is 87.7 Å². The zero-order chi connectivity index (χ0) is 11.8. The van der Waals surface area contributed by atoms with Gasteiger partial charge in [0.15, 0.2) is 0 Å². The third-order valence-electron chi connectivity index (χ3n) is 0.594. The molecule has 0 heterocycles. The van der Waals surface area contributed by atoms with Gasteiger partial charge < -0.3 is 14.9 Å². The average molecular weight is 247 g/mol. The van der Waals surface area contributed by atoms with E-state index in [4.69, 9.17) is 14.9 Å². The van der Waals surface area contributed by atoms with E-state index in [1.807, 2.05) is 0 Å². The fourth-order valence-electron chi connectivity index (χ4n) is 0.308. The van der Waals surface area contributed by atoms with Crippen LogP contribution in [0.15, 0.2) is 0 Å². The van der Waals surface area contributed by atoms with Gasteiger partial charge in [0.25, 0.3) is 0 Å². The number of carboxylic acids is 1. The summed E-state index contributed by atoms with van der Waals surface area (Å²) in [7, 11) is -3.46. The fraction of sp³-hybridized carbons (Fsp3) is 0.833. The average Bonchev–Trinajstić information content (AvgIpc) is 1.80. The van der Waals surface area contributed by atoms with E-state index in [1.165, 1.54) is 0 Å². The molecule has 6 nitrogen and oxygen atoms in total. The molecule has 0 spiro atoms. The SMILES string of the molecule is C[S+](C)C.O=C(O)CNCP(=O)(O)O.[H+]. The normalized spacial score (nSPS) is 10.7. The largest absolute Gasteiger partial charge is 1.00 e. The minimum absolute atomic E-state index is 0. The lowest BCUT2D eigenvalue weighted by molar-refractivity contribution is -0.135. The third kappa shape index (κ3) is 29.7. The van der Waals surface area contributed by atoms with Crippen LogP contribution in [0, 0.1) is 0 Å². The summed E-state index contributed by atoms with van der Waals surface area (Å²) in [5.41, 5.74) is 0. The molecule has 0 unspecified atom stereocenters. The predicted molar refractivity (Wildman–Crippen MR) is 58.8 cm³/mol. The molecule has 4 N–H and O–H groups in total. The van der Waals surface area contributed by atoms with E-state index < -0.39 is 26.4 Å². The number of hydrogen-bond acceptors (Lipinski definition) is 3. The molecular formula is C6H18NO5PS+2. The van der Waals surface area contributed by atoms with Gasteiger partial charge in [0.05, 0.1) is 31.6 Å². The van der Waals surface area contributed by atoms with Gasteiger partial charge in [-0.2, -0.15) is 0 Å². The smallest absolute Gasteiger partial charge is 0.480 e. The molecule has 0 amide bonds. The van der Waals surface area contributed by atoms with Gasteiger partial charge in [0.2, 0.25) is 0 Å². The number of rotatable bonds is 4. The molecule has 0 aliphatic rings. The van der Waals surface area contributed by atoms with E-state index in [0.29, 0.717) is 10.9 Å². The van der Waals surface area contributed by atoms with Crippen LogP contribution in [0.2, 0.25) is 0 Å². The van der Waals surface area contributed by atoms with Crippen molar-refractivity contribution in [2.75, 3.05) is 31.6 Å². The van der Waals surface area contributed by atoms with Crippen LogP contribution in [0.3, 0.4) is 0 Å². The zero-order valence-electron chi connectivity index (χ0n) is 9.43. The van der Waals surface area contributed by atoms with Gasteiger partial charge in [-0.05, 0) is 10.9 Å². The Morgan fingerprint density at radius 2 is 1.79 bits per heavy atom. The summed E-state index contributed by atoms with van der Waals surface area (Å²) in [6.07, 6.45) is 5.99. The van der Waals surface area contributed by atoms with E-state index in [0.717, 1.165) is 0 Å². The third-order valence-corrected chi connectivity index (χ3v) is 1.23. The number of hydrogen-bond donors (Lipinski definition) is 4. The van der Waals surface area contributed by atoms with Crippen LogP contribution in [-0.4, -0.2) is 52.5 Å². The van der Waals surface area contributed by atoms with Crippen molar-refractivity contribution in [3.05, 3.63) is 0 Å². The first-order valence-electron chi connectivity index (χ1n) is 3.61. The highest BCUT2D eigenvalue weighted by Gasteiger charge is 2.11. The van der Waals surface area contributed by atoms with Crippen LogP contribution < -0.4 is 5.32 Å². The molecule has 0 aromatic heterocycles. The lowest BCUT2D eigenvalue weighted by atomic mass is 10.7. The molecule has 14 heavy (non-hydrogen) atoms. The van der Waals surface area contributed by atoms with Gasteiger partial charge in [-0.3, -0.25) is 14.7 Å². The van der Waals surface area contributed by atoms with Crippen molar-refractivity contribution in [3.8, 4) is 0 Å². The number of aliphatic carboxylic acids is 1. The van der Waals surface area contributed by atoms with Crippen molar-refractivity contribution in [3.63, 3.8) is 0 Å². The maximum atomic E-state index is 10.1. The molecule has 8 heteroatoms. The summed E-state index contributed by atoms with van der Waals surface area (Å²) in [6.45, 7) is -0.439. The Morgan fingerprint density at radius 1 is 1.43 bits per heavy atom. The molecule has 0 saturated heterocycles. The van der Waals surface area contributed by atoms with E-state index in [1.54, 1.807) is 0 Å². The van der Waals surface area contributed by atoms with Crippen LogP contribution in [0.25, 0.3) is 0 Å². The van der Waals surface area contributed by atoms with Gasteiger partial charge >= 0.3 is 15.0 Å². The van der Waals surface area contributed by atoms with Crippen LogP contribution in [0.4, 0.5) is 0 Å². The predicted octanol–water partition coefficient (Wildman–Crippen LogP) is -0.598. The molecule has 0 atom stereocenters. The van der Waals surface area contributed by atoms with Crippen molar-refractivity contribution in [1.82, 2.24) is 5.32 Å². The van der Waals surface area contributed by atoms with Crippen LogP contribution in [0.1, 0.15) is 1.43 Å². The second kappa shape index (κ2) is 8.26. The van der Waals surface area contributed by atoms with Gasteiger partial charge in [0.1, 0.15) is 0 Å². The molecule has 0 aromatic rings. The molecule has 0 aliphatic heterocycles. The molecular weight excluding hydrogens is 229 g/mol. The molecule has 0 radical (unpaired) electrons. The summed E-state index contributed by atoms with van der Waals surface area (Å²) < 4.78 is 10.1. The fourth-order valence-corrected chi connectivity index (χ4v) is 0.712. The second-order valence-corrected chi connectivity index (χ2v) is 6.96. The minimum atomic E-state index is -4.10. The van der Waals surface area contributed by atoms with Crippen LogP contribution >= 0.6 is 7.60 Å². The van der Waals surface area contributed by atoms with E-state index >= 15 is 0 Å². The van der Waals surface area contributed by atoms with E-state index in [9.17, 15) is 9.36 Å². The first-order valence-corrected chi connectivity index (χ1v) is 7.86. The monoisotopic (exact) mass is 247 g/mol. The first kappa shape index (κ1) is 16.4. The molecule has 0 bridgehead atoms. The summed E-state index contributed by atoms with van der Waals surface area (Å²) in [5, 5.41) is 10.1. The number of carbonyl (C=O) groups is 1. The highest BCUT2D eigenvalue weighted by atomic mass is 32.2. The second-order valence-electron chi connectivity index (χ2n) is 2.87. The maximum absolute atomic E-state index is 10.1. The summed E-state index contributed by atoms with van der Waals surface area (Å²) in [5.74, 6) is -1.14. The van der Waals surface area contributed by atoms with Crippen molar-refractivity contribution in [2.45, 2.75) is 0 Å². The molecule has 0 saturated carbocycles. The van der Waals surface area contributed by atoms with Crippen molar-refractivity contribution >= 4 is 24.5 Å². The van der Waals surface area contributed by atoms with Crippen LogP contribution in [0.5, 0.6) is 0 Å². The first-order chi connectivity index (χ1) is 6.15. The van der Waals surface area contributed by atoms with Gasteiger partial charge in [-0.25, -0.2) is 0 Å². The lowest BCUT2D eigenvalue weighted by Crippen LogP contribution is -2.23. The number of carboxylic acid groups (broad SMARTS) is 1. The van der Waals surface area contributed by atoms with Gasteiger partial charge in [-0.15, -0.1) is 0 Å². The highest BCUT2D eigenvalue weighted by Crippen LogP contribution is 2.31. The van der Waals surface area contributed by atoms with E-state index in [-0.39, 0.29) is 1.43 Å². The highest BCUT2D eigenvalue weighted by molar-refractivity contribution is 7.94. The Bertz CT molecular complexity index is 207.